The molecule has 172 valence electrons. The van der Waals surface area contributed by atoms with Crippen LogP contribution in [0, 0.1) is 12.8 Å². The molecule has 1 fully saturated rings. The Balaban J connectivity index is 0.00000341. The van der Waals surface area contributed by atoms with Gasteiger partial charge in [0.05, 0.1) is 24.3 Å². The molecule has 2 nitrogen and oxygen atoms in total. The molecular formula is C22H24ClF6NO. The summed E-state index contributed by atoms with van der Waals surface area (Å²) in [6, 6.07) is 9.56. The monoisotopic (exact) mass is 467 g/mol. The number of alkyl halides is 6. The maximum atomic E-state index is 13.0. The molecule has 0 aliphatic carbocycles. The van der Waals surface area contributed by atoms with Gasteiger partial charge in [-0.15, -0.1) is 12.4 Å². The average Bonchev–Trinajstić information content (AvgIpc) is 2.67. The largest absolute Gasteiger partial charge is 0.416 e. The first kappa shape index (κ1) is 25.5. The first-order valence-corrected chi connectivity index (χ1v) is 9.68. The van der Waals surface area contributed by atoms with Gasteiger partial charge in [0.1, 0.15) is 0 Å². The van der Waals surface area contributed by atoms with Crippen molar-refractivity contribution in [3.05, 3.63) is 70.3 Å². The van der Waals surface area contributed by atoms with Gasteiger partial charge in [0, 0.05) is 12.5 Å². The number of halogens is 7. The summed E-state index contributed by atoms with van der Waals surface area (Å²) in [5.41, 5.74) is -0.442. The van der Waals surface area contributed by atoms with Gasteiger partial charge in [-0.3, -0.25) is 0 Å². The summed E-state index contributed by atoms with van der Waals surface area (Å²) < 4.78 is 83.7. The van der Waals surface area contributed by atoms with Gasteiger partial charge in [0.2, 0.25) is 0 Å². The van der Waals surface area contributed by atoms with Gasteiger partial charge in [-0.1, -0.05) is 24.3 Å². The number of ether oxygens (including phenoxy) is 1. The fraction of sp³-hybridized carbons (Fsp3) is 0.455. The van der Waals surface area contributed by atoms with Crippen molar-refractivity contribution in [3.63, 3.8) is 0 Å². The first-order chi connectivity index (χ1) is 14.1. The Morgan fingerprint density at radius 1 is 0.968 bits per heavy atom. The summed E-state index contributed by atoms with van der Waals surface area (Å²) in [7, 11) is 0. The van der Waals surface area contributed by atoms with Crippen LogP contribution in [0.3, 0.4) is 0 Å². The van der Waals surface area contributed by atoms with E-state index in [-0.39, 0.29) is 49.1 Å². The lowest BCUT2D eigenvalue weighted by molar-refractivity contribution is -0.143. The van der Waals surface area contributed by atoms with Crippen LogP contribution in [0.25, 0.3) is 0 Å². The van der Waals surface area contributed by atoms with Gasteiger partial charge in [-0.05, 0) is 60.7 Å². The summed E-state index contributed by atoms with van der Waals surface area (Å²) in [5, 5.41) is 3.28. The van der Waals surface area contributed by atoms with E-state index in [1.165, 1.54) is 5.56 Å². The summed E-state index contributed by atoms with van der Waals surface area (Å²) in [5.74, 6) is 0.299. The van der Waals surface area contributed by atoms with E-state index >= 15 is 0 Å². The standard InChI is InChI=1S/C22H23F6NO.ClH/c1-14-4-2-3-5-19(14)20-6-7-29-11-16(20)13-30-12-15-8-17(21(23,24)25)10-18(9-15)22(26,27)28;/h2-5,8-10,16,20,29H,6-7,11-13H2,1H3;1H/t16-,20+;/m0./s1. The smallest absolute Gasteiger partial charge is 0.376 e. The van der Waals surface area contributed by atoms with Crippen LogP contribution in [0.4, 0.5) is 26.3 Å². The first-order valence-electron chi connectivity index (χ1n) is 9.68. The van der Waals surface area contributed by atoms with Crippen molar-refractivity contribution in [2.75, 3.05) is 19.7 Å². The topological polar surface area (TPSA) is 21.3 Å². The molecule has 9 heteroatoms. The molecule has 1 N–H and O–H groups in total. The Labute approximate surface area is 183 Å². The minimum atomic E-state index is -4.86. The zero-order valence-electron chi connectivity index (χ0n) is 16.8. The van der Waals surface area contributed by atoms with Crippen molar-refractivity contribution in [2.24, 2.45) is 5.92 Å². The molecule has 2 aromatic rings. The highest BCUT2D eigenvalue weighted by Gasteiger charge is 2.37. The fourth-order valence-corrected chi connectivity index (χ4v) is 3.94. The summed E-state index contributed by atoms with van der Waals surface area (Å²) >= 11 is 0. The van der Waals surface area contributed by atoms with E-state index in [4.69, 9.17) is 4.74 Å². The Morgan fingerprint density at radius 3 is 2.16 bits per heavy atom. The molecule has 0 unspecified atom stereocenters. The van der Waals surface area contributed by atoms with Crippen molar-refractivity contribution in [1.82, 2.24) is 5.32 Å². The molecule has 0 radical (unpaired) electrons. The average molecular weight is 468 g/mol. The molecule has 1 aliphatic heterocycles. The lowest BCUT2D eigenvalue weighted by Gasteiger charge is -2.33. The highest BCUT2D eigenvalue weighted by atomic mass is 35.5. The highest BCUT2D eigenvalue weighted by Crippen LogP contribution is 2.37. The third-order valence-electron chi connectivity index (χ3n) is 5.44. The normalized spacial score (nSPS) is 19.7. The number of hydrogen-bond donors (Lipinski definition) is 1. The lowest BCUT2D eigenvalue weighted by Crippen LogP contribution is -2.38. The number of aryl methyl sites for hydroxylation is 1. The van der Waals surface area contributed by atoms with E-state index < -0.39 is 23.5 Å². The molecule has 1 aliphatic rings. The molecule has 2 aromatic carbocycles. The van der Waals surface area contributed by atoms with Crippen molar-refractivity contribution in [1.29, 1.82) is 0 Å². The van der Waals surface area contributed by atoms with Crippen LogP contribution in [0.2, 0.25) is 0 Å². The Kier molecular flexibility index (Phi) is 8.41. The van der Waals surface area contributed by atoms with Crippen molar-refractivity contribution in [2.45, 2.75) is 38.2 Å². The van der Waals surface area contributed by atoms with Crippen molar-refractivity contribution < 1.29 is 31.1 Å². The minimum absolute atomic E-state index is 0. The zero-order valence-corrected chi connectivity index (χ0v) is 17.6. The summed E-state index contributed by atoms with van der Waals surface area (Å²) in [6.07, 6.45) is -8.83. The van der Waals surface area contributed by atoms with E-state index in [2.05, 4.69) is 11.4 Å². The maximum Gasteiger partial charge on any atom is 0.416 e. The van der Waals surface area contributed by atoms with Crippen LogP contribution in [0.15, 0.2) is 42.5 Å². The molecule has 1 heterocycles. The number of hydrogen-bond acceptors (Lipinski definition) is 2. The van der Waals surface area contributed by atoms with E-state index in [1.807, 2.05) is 25.1 Å². The number of nitrogens with one attached hydrogen (secondary N) is 1. The van der Waals surface area contributed by atoms with Crippen LogP contribution < -0.4 is 5.32 Å². The Morgan fingerprint density at radius 2 is 1.58 bits per heavy atom. The van der Waals surface area contributed by atoms with Crippen molar-refractivity contribution >= 4 is 12.4 Å². The molecule has 0 amide bonds. The lowest BCUT2D eigenvalue weighted by atomic mass is 9.80. The quantitative estimate of drug-likeness (QED) is 0.516. The van der Waals surface area contributed by atoms with Gasteiger partial charge in [0.25, 0.3) is 0 Å². The number of rotatable bonds is 5. The predicted octanol–water partition coefficient (Wildman–Crippen LogP) is 6.36. The van der Waals surface area contributed by atoms with Gasteiger partial charge >= 0.3 is 12.4 Å². The predicted molar refractivity (Wildman–Crippen MR) is 108 cm³/mol. The van der Waals surface area contributed by atoms with E-state index in [0.29, 0.717) is 18.7 Å². The van der Waals surface area contributed by atoms with Gasteiger partial charge < -0.3 is 10.1 Å². The zero-order chi connectivity index (χ0) is 21.9. The third-order valence-corrected chi connectivity index (χ3v) is 5.44. The molecule has 0 bridgehead atoms. The molecule has 0 spiro atoms. The summed E-state index contributed by atoms with van der Waals surface area (Å²) in [6.45, 7) is 3.47. The highest BCUT2D eigenvalue weighted by molar-refractivity contribution is 5.85. The Hall–Kier alpha value is -1.77. The third kappa shape index (κ3) is 6.60. The van der Waals surface area contributed by atoms with Gasteiger partial charge in [-0.2, -0.15) is 26.3 Å². The van der Waals surface area contributed by atoms with E-state index in [9.17, 15) is 26.3 Å². The number of benzene rings is 2. The molecular weight excluding hydrogens is 444 g/mol. The second-order valence-electron chi connectivity index (χ2n) is 7.65. The SMILES string of the molecule is Cc1ccccc1[C@@H]1CCNC[C@H]1COCc1cc(C(F)(F)F)cc(C(F)(F)F)c1.Cl. The second kappa shape index (κ2) is 10.2. The van der Waals surface area contributed by atoms with Crippen LogP contribution in [0.5, 0.6) is 0 Å². The Bertz CT molecular complexity index is 836. The van der Waals surface area contributed by atoms with Gasteiger partial charge in [0.15, 0.2) is 0 Å². The molecule has 2 atom stereocenters. The van der Waals surface area contributed by atoms with E-state index in [0.717, 1.165) is 18.5 Å². The fourth-order valence-electron chi connectivity index (χ4n) is 3.94. The molecule has 3 rings (SSSR count). The summed E-state index contributed by atoms with van der Waals surface area (Å²) in [4.78, 5) is 0. The van der Waals surface area contributed by atoms with Crippen LogP contribution in [-0.2, 0) is 23.7 Å². The maximum absolute atomic E-state index is 13.0. The molecule has 0 aromatic heterocycles. The second-order valence-corrected chi connectivity index (χ2v) is 7.65. The van der Waals surface area contributed by atoms with Crippen molar-refractivity contribution in [3.8, 4) is 0 Å². The van der Waals surface area contributed by atoms with Crippen LogP contribution in [0.1, 0.15) is 40.2 Å². The van der Waals surface area contributed by atoms with E-state index in [1.54, 1.807) is 0 Å². The molecule has 31 heavy (non-hydrogen) atoms. The van der Waals surface area contributed by atoms with Crippen LogP contribution in [-0.4, -0.2) is 19.7 Å². The molecule has 0 saturated carbocycles. The van der Waals surface area contributed by atoms with Gasteiger partial charge in [-0.25, -0.2) is 0 Å². The van der Waals surface area contributed by atoms with Crippen LogP contribution >= 0.6 is 12.4 Å². The molecule has 1 saturated heterocycles. The minimum Gasteiger partial charge on any atom is -0.376 e. The number of piperidine rings is 1.